The lowest BCUT2D eigenvalue weighted by molar-refractivity contribution is 0.295. The fourth-order valence-corrected chi connectivity index (χ4v) is 1.77. The number of nitrogens with one attached hydrogen (secondary N) is 1. The van der Waals surface area contributed by atoms with Gasteiger partial charge < -0.3 is 10.2 Å². The van der Waals surface area contributed by atoms with Gasteiger partial charge in [-0.25, -0.2) is 15.8 Å². The van der Waals surface area contributed by atoms with Crippen molar-refractivity contribution in [2.45, 2.75) is 26.9 Å². The fraction of sp³-hybridized carbons (Fsp3) is 0.286. The minimum absolute atomic E-state index is 0.323. The van der Waals surface area contributed by atoms with E-state index in [1.165, 1.54) is 5.56 Å². The molecule has 0 bridgehead atoms. The third-order valence-corrected chi connectivity index (χ3v) is 2.72. The van der Waals surface area contributed by atoms with Crippen molar-refractivity contribution in [3.63, 3.8) is 0 Å². The molecule has 2 rings (SSSR count). The van der Waals surface area contributed by atoms with Crippen LogP contribution in [0, 0.1) is 6.92 Å². The minimum atomic E-state index is 0.323. The van der Waals surface area contributed by atoms with Gasteiger partial charge in [0.25, 0.3) is 0 Å². The first kappa shape index (κ1) is 13.3. The SMILES string of the molecule is CCc1cccc(OCc2nc(C)cc(NN)n2)c1. The Kier molecular flexibility index (Phi) is 4.30. The number of ether oxygens (including phenoxy) is 1. The van der Waals surface area contributed by atoms with Crippen molar-refractivity contribution in [1.29, 1.82) is 0 Å². The predicted octanol–water partition coefficient (Wildman–Crippen LogP) is 2.21. The average molecular weight is 258 g/mol. The molecule has 0 saturated carbocycles. The Balaban J connectivity index is 2.07. The largest absolute Gasteiger partial charge is 0.486 e. The predicted molar refractivity (Wildman–Crippen MR) is 74.7 cm³/mol. The Morgan fingerprint density at radius 3 is 2.84 bits per heavy atom. The average Bonchev–Trinajstić information content (AvgIpc) is 2.44. The van der Waals surface area contributed by atoms with E-state index in [1.807, 2.05) is 25.1 Å². The van der Waals surface area contributed by atoms with Gasteiger partial charge in [-0.05, 0) is 31.0 Å². The molecule has 0 amide bonds. The van der Waals surface area contributed by atoms with Gasteiger partial charge in [0.05, 0.1) is 0 Å². The van der Waals surface area contributed by atoms with Crippen LogP contribution in [0.2, 0.25) is 0 Å². The molecule has 19 heavy (non-hydrogen) atoms. The van der Waals surface area contributed by atoms with Crippen LogP contribution in [0.4, 0.5) is 5.82 Å². The Labute approximate surface area is 112 Å². The topological polar surface area (TPSA) is 73.1 Å². The Morgan fingerprint density at radius 1 is 1.26 bits per heavy atom. The van der Waals surface area contributed by atoms with Crippen molar-refractivity contribution in [2.75, 3.05) is 5.43 Å². The molecule has 1 aromatic carbocycles. The lowest BCUT2D eigenvalue weighted by atomic mass is 10.2. The maximum atomic E-state index is 5.70. The van der Waals surface area contributed by atoms with Gasteiger partial charge in [0, 0.05) is 11.8 Å². The molecule has 1 heterocycles. The molecule has 0 spiro atoms. The second kappa shape index (κ2) is 6.15. The fourth-order valence-electron chi connectivity index (χ4n) is 1.77. The summed E-state index contributed by atoms with van der Waals surface area (Å²) in [5, 5.41) is 0. The molecule has 100 valence electrons. The van der Waals surface area contributed by atoms with Gasteiger partial charge in [0.2, 0.25) is 0 Å². The number of hydrazine groups is 1. The number of aryl methyl sites for hydroxylation is 2. The zero-order valence-corrected chi connectivity index (χ0v) is 11.2. The standard InChI is InChI=1S/C14H18N4O/c1-3-11-5-4-6-12(8-11)19-9-14-16-10(2)7-13(17-14)18-15/h4-8H,3,9,15H2,1-2H3,(H,16,17,18). The van der Waals surface area contributed by atoms with Crippen LogP contribution in [0.1, 0.15) is 24.0 Å². The monoisotopic (exact) mass is 258 g/mol. The van der Waals surface area contributed by atoms with E-state index in [-0.39, 0.29) is 0 Å². The number of nitrogens with zero attached hydrogens (tertiary/aromatic N) is 2. The van der Waals surface area contributed by atoms with E-state index in [1.54, 1.807) is 6.07 Å². The molecule has 0 fully saturated rings. The molecule has 1 aromatic heterocycles. The maximum absolute atomic E-state index is 5.70. The summed E-state index contributed by atoms with van der Waals surface area (Å²) in [7, 11) is 0. The summed E-state index contributed by atoms with van der Waals surface area (Å²) in [4.78, 5) is 8.55. The van der Waals surface area contributed by atoms with Gasteiger partial charge in [-0.3, -0.25) is 0 Å². The number of anilines is 1. The first-order chi connectivity index (χ1) is 9.21. The summed E-state index contributed by atoms with van der Waals surface area (Å²) in [6, 6.07) is 9.79. The molecule has 0 aliphatic heterocycles. The van der Waals surface area contributed by atoms with E-state index < -0.39 is 0 Å². The highest BCUT2D eigenvalue weighted by Crippen LogP contribution is 2.15. The number of nitrogens with two attached hydrogens (primary N) is 1. The summed E-state index contributed by atoms with van der Waals surface area (Å²) >= 11 is 0. The van der Waals surface area contributed by atoms with Gasteiger partial charge >= 0.3 is 0 Å². The van der Waals surface area contributed by atoms with Crippen molar-refractivity contribution in [3.05, 3.63) is 47.4 Å². The lowest BCUT2D eigenvalue weighted by Gasteiger charge is -2.08. The van der Waals surface area contributed by atoms with E-state index in [0.717, 1.165) is 17.9 Å². The van der Waals surface area contributed by atoms with Crippen molar-refractivity contribution >= 4 is 5.82 Å². The van der Waals surface area contributed by atoms with Crippen molar-refractivity contribution in [3.8, 4) is 5.75 Å². The first-order valence-corrected chi connectivity index (χ1v) is 6.24. The number of aromatic nitrogens is 2. The highest BCUT2D eigenvalue weighted by atomic mass is 16.5. The molecular weight excluding hydrogens is 240 g/mol. The Bertz CT molecular complexity index is 557. The molecule has 2 aromatic rings. The van der Waals surface area contributed by atoms with Crippen molar-refractivity contribution < 1.29 is 4.74 Å². The summed E-state index contributed by atoms with van der Waals surface area (Å²) in [6.45, 7) is 4.33. The van der Waals surface area contributed by atoms with Crippen LogP contribution in [0.15, 0.2) is 30.3 Å². The first-order valence-electron chi connectivity index (χ1n) is 6.24. The van der Waals surface area contributed by atoms with Crippen LogP contribution in [-0.4, -0.2) is 9.97 Å². The molecule has 5 heteroatoms. The zero-order valence-electron chi connectivity index (χ0n) is 11.2. The number of benzene rings is 1. The molecule has 0 saturated heterocycles. The van der Waals surface area contributed by atoms with Crippen LogP contribution in [-0.2, 0) is 13.0 Å². The number of nitrogen functional groups attached to an aromatic ring is 1. The molecule has 0 radical (unpaired) electrons. The highest BCUT2D eigenvalue weighted by molar-refractivity contribution is 5.34. The molecular formula is C14H18N4O. The molecule has 0 unspecified atom stereocenters. The quantitative estimate of drug-likeness (QED) is 0.635. The molecule has 0 atom stereocenters. The van der Waals surface area contributed by atoms with Gasteiger partial charge in [0.15, 0.2) is 5.82 Å². The number of hydrogen-bond acceptors (Lipinski definition) is 5. The van der Waals surface area contributed by atoms with Crippen LogP contribution in [0.3, 0.4) is 0 Å². The maximum Gasteiger partial charge on any atom is 0.168 e. The number of rotatable bonds is 5. The Hall–Kier alpha value is -2.14. The van der Waals surface area contributed by atoms with E-state index in [4.69, 9.17) is 10.6 Å². The van der Waals surface area contributed by atoms with Crippen LogP contribution >= 0.6 is 0 Å². The third kappa shape index (κ3) is 3.66. The summed E-state index contributed by atoms with van der Waals surface area (Å²) < 4.78 is 5.70. The Morgan fingerprint density at radius 2 is 2.11 bits per heavy atom. The van der Waals surface area contributed by atoms with E-state index in [2.05, 4.69) is 28.4 Å². The zero-order chi connectivity index (χ0) is 13.7. The van der Waals surface area contributed by atoms with Gasteiger partial charge in [0.1, 0.15) is 18.2 Å². The normalized spacial score (nSPS) is 10.3. The minimum Gasteiger partial charge on any atom is -0.486 e. The van der Waals surface area contributed by atoms with Crippen LogP contribution in [0.5, 0.6) is 5.75 Å². The van der Waals surface area contributed by atoms with Crippen LogP contribution < -0.4 is 16.0 Å². The van der Waals surface area contributed by atoms with Gasteiger partial charge in [-0.1, -0.05) is 19.1 Å². The van der Waals surface area contributed by atoms with Crippen molar-refractivity contribution in [1.82, 2.24) is 9.97 Å². The molecule has 0 aliphatic carbocycles. The summed E-state index contributed by atoms with van der Waals surface area (Å²) in [5.74, 6) is 7.37. The van der Waals surface area contributed by atoms with E-state index >= 15 is 0 Å². The molecule has 3 N–H and O–H groups in total. The highest BCUT2D eigenvalue weighted by Gasteiger charge is 2.03. The second-order valence-corrected chi connectivity index (χ2v) is 4.24. The summed E-state index contributed by atoms with van der Waals surface area (Å²) in [6.07, 6.45) is 0.986. The van der Waals surface area contributed by atoms with Crippen LogP contribution in [0.25, 0.3) is 0 Å². The smallest absolute Gasteiger partial charge is 0.168 e. The lowest BCUT2D eigenvalue weighted by Crippen LogP contribution is -2.12. The third-order valence-electron chi connectivity index (χ3n) is 2.72. The summed E-state index contributed by atoms with van der Waals surface area (Å²) in [5.41, 5.74) is 4.61. The van der Waals surface area contributed by atoms with E-state index in [0.29, 0.717) is 18.2 Å². The van der Waals surface area contributed by atoms with Gasteiger partial charge in [-0.2, -0.15) is 0 Å². The second-order valence-electron chi connectivity index (χ2n) is 4.24. The number of hydrogen-bond donors (Lipinski definition) is 2. The molecule has 0 aliphatic rings. The van der Waals surface area contributed by atoms with E-state index in [9.17, 15) is 0 Å². The molecule has 5 nitrogen and oxygen atoms in total. The van der Waals surface area contributed by atoms with Gasteiger partial charge in [-0.15, -0.1) is 0 Å². The van der Waals surface area contributed by atoms with Crippen molar-refractivity contribution in [2.24, 2.45) is 5.84 Å².